The molecule has 1 aliphatic carbocycles. The van der Waals surface area contributed by atoms with Gasteiger partial charge < -0.3 is 4.90 Å². The Morgan fingerprint density at radius 3 is 1.53 bits per heavy atom. The van der Waals surface area contributed by atoms with E-state index in [1.165, 1.54) is 25.7 Å². The van der Waals surface area contributed by atoms with Crippen molar-refractivity contribution in [2.75, 3.05) is 14.1 Å². The molecule has 1 saturated carbocycles. The molecule has 1 rings (SSSR count). The molecule has 0 aromatic rings. The quantitative estimate of drug-likeness (QED) is 0.631. The van der Waals surface area contributed by atoms with Crippen molar-refractivity contribution in [2.24, 2.45) is 11.3 Å². The average molecular weight is 213 g/mol. The van der Waals surface area contributed by atoms with Crippen molar-refractivity contribution in [3.63, 3.8) is 0 Å². The standard InChI is InChI=1S/C12H25N.C2H6/c1-12(2,3)10-6-8-11(9-7-10)13(4)5;1-2/h10-11H,6-9H2,1-5H3;1-2H3. The van der Waals surface area contributed by atoms with Crippen molar-refractivity contribution in [1.82, 2.24) is 4.90 Å². The fourth-order valence-corrected chi connectivity index (χ4v) is 2.46. The van der Waals surface area contributed by atoms with Gasteiger partial charge in [-0.2, -0.15) is 0 Å². The molecule has 0 spiro atoms. The summed E-state index contributed by atoms with van der Waals surface area (Å²) in [4.78, 5) is 2.39. The summed E-state index contributed by atoms with van der Waals surface area (Å²) in [6.45, 7) is 11.1. The highest BCUT2D eigenvalue weighted by Crippen LogP contribution is 2.38. The van der Waals surface area contributed by atoms with E-state index in [9.17, 15) is 0 Å². The van der Waals surface area contributed by atoms with Gasteiger partial charge in [0, 0.05) is 6.04 Å². The molecule has 0 atom stereocenters. The van der Waals surface area contributed by atoms with Crippen molar-refractivity contribution in [3.8, 4) is 0 Å². The Hall–Kier alpha value is -0.0400. The van der Waals surface area contributed by atoms with Crippen LogP contribution >= 0.6 is 0 Å². The molecule has 0 aliphatic heterocycles. The van der Waals surface area contributed by atoms with Crippen LogP contribution in [0.25, 0.3) is 0 Å². The summed E-state index contributed by atoms with van der Waals surface area (Å²) in [5, 5.41) is 0. The monoisotopic (exact) mass is 213 g/mol. The highest BCUT2D eigenvalue weighted by atomic mass is 15.1. The first-order valence-electron chi connectivity index (χ1n) is 6.57. The van der Waals surface area contributed by atoms with Gasteiger partial charge in [-0.25, -0.2) is 0 Å². The Kier molecular flexibility index (Phi) is 6.51. The molecular weight excluding hydrogens is 182 g/mol. The van der Waals surface area contributed by atoms with Crippen LogP contribution in [0.4, 0.5) is 0 Å². The van der Waals surface area contributed by atoms with Crippen LogP contribution in [-0.2, 0) is 0 Å². The van der Waals surface area contributed by atoms with Gasteiger partial charge in [0.25, 0.3) is 0 Å². The third-order valence-electron chi connectivity index (χ3n) is 3.65. The molecule has 0 amide bonds. The molecule has 0 aromatic carbocycles. The summed E-state index contributed by atoms with van der Waals surface area (Å²) in [7, 11) is 4.42. The Morgan fingerprint density at radius 2 is 1.27 bits per heavy atom. The van der Waals surface area contributed by atoms with Crippen molar-refractivity contribution in [1.29, 1.82) is 0 Å². The minimum absolute atomic E-state index is 0.525. The van der Waals surface area contributed by atoms with E-state index in [-0.39, 0.29) is 0 Å². The number of hydrogen-bond acceptors (Lipinski definition) is 1. The van der Waals surface area contributed by atoms with Gasteiger partial charge in [-0.1, -0.05) is 34.6 Å². The summed E-state index contributed by atoms with van der Waals surface area (Å²) >= 11 is 0. The highest BCUT2D eigenvalue weighted by Gasteiger charge is 2.29. The lowest BCUT2D eigenvalue weighted by Gasteiger charge is -2.39. The van der Waals surface area contributed by atoms with Gasteiger partial charge >= 0.3 is 0 Å². The summed E-state index contributed by atoms with van der Waals surface area (Å²) < 4.78 is 0. The minimum atomic E-state index is 0.525. The molecule has 0 heterocycles. The molecule has 1 nitrogen and oxygen atoms in total. The first-order valence-corrected chi connectivity index (χ1v) is 6.57. The number of nitrogens with zero attached hydrogens (tertiary/aromatic N) is 1. The predicted octanol–water partition coefficient (Wildman–Crippen LogP) is 4.18. The zero-order chi connectivity index (χ0) is 12.1. The third kappa shape index (κ3) is 5.01. The zero-order valence-corrected chi connectivity index (χ0v) is 11.9. The second-order valence-corrected chi connectivity index (χ2v) is 5.84. The second kappa shape index (κ2) is 6.52. The zero-order valence-electron chi connectivity index (χ0n) is 11.9. The number of hydrogen-bond donors (Lipinski definition) is 0. The summed E-state index contributed by atoms with van der Waals surface area (Å²) in [6, 6.07) is 0.846. The van der Waals surface area contributed by atoms with E-state index < -0.39 is 0 Å². The van der Waals surface area contributed by atoms with Gasteiger partial charge in [0.1, 0.15) is 0 Å². The first kappa shape index (κ1) is 15.0. The smallest absolute Gasteiger partial charge is 0.00893 e. The average Bonchev–Trinajstić information content (AvgIpc) is 2.20. The third-order valence-corrected chi connectivity index (χ3v) is 3.65. The van der Waals surface area contributed by atoms with Crippen molar-refractivity contribution in [3.05, 3.63) is 0 Å². The summed E-state index contributed by atoms with van der Waals surface area (Å²) in [5.74, 6) is 0.948. The van der Waals surface area contributed by atoms with Crippen LogP contribution in [0.5, 0.6) is 0 Å². The largest absolute Gasteiger partial charge is 0.306 e. The van der Waals surface area contributed by atoms with Gasteiger partial charge in [0.15, 0.2) is 0 Å². The van der Waals surface area contributed by atoms with E-state index in [0.29, 0.717) is 5.41 Å². The van der Waals surface area contributed by atoms with Crippen LogP contribution < -0.4 is 0 Å². The van der Waals surface area contributed by atoms with Crippen molar-refractivity contribution >= 4 is 0 Å². The number of rotatable bonds is 1. The molecule has 92 valence electrons. The molecule has 0 radical (unpaired) electrons. The topological polar surface area (TPSA) is 3.24 Å². The predicted molar refractivity (Wildman–Crippen MR) is 70.2 cm³/mol. The van der Waals surface area contributed by atoms with E-state index in [1.807, 2.05) is 13.8 Å². The van der Waals surface area contributed by atoms with Gasteiger partial charge in [0.2, 0.25) is 0 Å². The molecule has 0 N–H and O–H groups in total. The molecule has 1 heteroatoms. The molecule has 1 aliphatic rings. The fraction of sp³-hybridized carbons (Fsp3) is 1.00. The summed E-state index contributed by atoms with van der Waals surface area (Å²) in [5.41, 5.74) is 0.525. The fourth-order valence-electron chi connectivity index (χ4n) is 2.46. The Morgan fingerprint density at radius 1 is 0.867 bits per heavy atom. The van der Waals surface area contributed by atoms with Gasteiger partial charge in [-0.3, -0.25) is 0 Å². The SMILES string of the molecule is CC.CN(C)C1CCC(C(C)(C)C)CC1. The lowest BCUT2D eigenvalue weighted by molar-refractivity contribution is 0.124. The van der Waals surface area contributed by atoms with Gasteiger partial charge in [0.05, 0.1) is 0 Å². The van der Waals surface area contributed by atoms with Crippen LogP contribution in [0.15, 0.2) is 0 Å². The highest BCUT2D eigenvalue weighted by molar-refractivity contribution is 4.82. The first-order chi connectivity index (χ1) is 6.91. The maximum atomic E-state index is 2.39. The maximum absolute atomic E-state index is 2.39. The van der Waals surface area contributed by atoms with E-state index in [4.69, 9.17) is 0 Å². The molecule has 0 aromatic heterocycles. The molecule has 0 bridgehead atoms. The van der Waals surface area contributed by atoms with Crippen LogP contribution in [0.2, 0.25) is 0 Å². The Balaban J connectivity index is 0.000000921. The van der Waals surface area contributed by atoms with E-state index in [0.717, 1.165) is 12.0 Å². The molecule has 0 saturated heterocycles. The molecule has 15 heavy (non-hydrogen) atoms. The van der Waals surface area contributed by atoms with Crippen LogP contribution in [0, 0.1) is 11.3 Å². The van der Waals surface area contributed by atoms with E-state index >= 15 is 0 Å². The lowest BCUT2D eigenvalue weighted by Crippen LogP contribution is -2.35. The van der Waals surface area contributed by atoms with Crippen molar-refractivity contribution < 1.29 is 0 Å². The Bertz CT molecular complexity index is 147. The Labute approximate surface area is 97.2 Å². The maximum Gasteiger partial charge on any atom is 0.00893 e. The van der Waals surface area contributed by atoms with E-state index in [1.54, 1.807) is 0 Å². The van der Waals surface area contributed by atoms with Gasteiger partial charge in [-0.15, -0.1) is 0 Å². The van der Waals surface area contributed by atoms with Crippen LogP contribution in [0.1, 0.15) is 60.3 Å². The van der Waals surface area contributed by atoms with Crippen LogP contribution in [0.3, 0.4) is 0 Å². The summed E-state index contributed by atoms with van der Waals surface area (Å²) in [6.07, 6.45) is 5.64. The molecule has 1 fully saturated rings. The normalized spacial score (nSPS) is 27.2. The lowest BCUT2D eigenvalue weighted by atomic mass is 9.71. The minimum Gasteiger partial charge on any atom is -0.306 e. The van der Waals surface area contributed by atoms with Crippen LogP contribution in [-0.4, -0.2) is 25.0 Å². The molecule has 0 unspecified atom stereocenters. The van der Waals surface area contributed by atoms with Gasteiger partial charge in [-0.05, 0) is 51.1 Å². The van der Waals surface area contributed by atoms with E-state index in [2.05, 4.69) is 39.8 Å². The molecular formula is C14H31N. The second-order valence-electron chi connectivity index (χ2n) is 5.84. The van der Waals surface area contributed by atoms with Crippen molar-refractivity contribution in [2.45, 2.75) is 66.3 Å².